The summed E-state index contributed by atoms with van der Waals surface area (Å²) in [5, 5.41) is 5.73. The number of halogens is 1. The number of fused-ring (bicyclic) bond motifs is 1. The first-order valence-corrected chi connectivity index (χ1v) is 10.5. The van der Waals surface area contributed by atoms with E-state index in [1.165, 1.54) is 23.5 Å². The molecule has 0 radical (unpaired) electrons. The van der Waals surface area contributed by atoms with Crippen LogP contribution in [0.25, 0.3) is 10.2 Å². The molecule has 0 spiro atoms. The standard InChI is InChI=1S/C17H16ClN3O4S2/c1-25-9-8-21-14-7-6-13(27(19,23)24)10-15(14)26-17(21)20-16(22)11-2-4-12(18)5-3-11/h2-7,10H,8-9H2,1H3,(H2,19,23,24). The molecule has 10 heteroatoms. The van der Waals surface area contributed by atoms with Crippen molar-refractivity contribution in [3.8, 4) is 0 Å². The third kappa shape index (κ3) is 4.45. The molecular weight excluding hydrogens is 410 g/mol. The lowest BCUT2D eigenvalue weighted by Crippen LogP contribution is -2.19. The van der Waals surface area contributed by atoms with Gasteiger partial charge in [0.2, 0.25) is 10.0 Å². The van der Waals surface area contributed by atoms with Gasteiger partial charge >= 0.3 is 0 Å². The molecule has 0 fully saturated rings. The number of amides is 1. The first-order valence-electron chi connectivity index (χ1n) is 7.79. The van der Waals surface area contributed by atoms with Crippen LogP contribution in [0.5, 0.6) is 0 Å². The number of nitrogens with two attached hydrogens (primary N) is 1. The summed E-state index contributed by atoms with van der Waals surface area (Å²) in [7, 11) is -2.25. The van der Waals surface area contributed by atoms with Crippen LogP contribution < -0.4 is 9.94 Å². The van der Waals surface area contributed by atoms with E-state index in [1.807, 2.05) is 4.57 Å². The van der Waals surface area contributed by atoms with E-state index < -0.39 is 15.9 Å². The van der Waals surface area contributed by atoms with E-state index in [0.717, 1.165) is 5.52 Å². The predicted molar refractivity (Wildman–Crippen MR) is 104 cm³/mol. The molecule has 0 saturated heterocycles. The number of nitrogens with zero attached hydrogens (tertiary/aromatic N) is 2. The molecule has 27 heavy (non-hydrogen) atoms. The summed E-state index contributed by atoms with van der Waals surface area (Å²) in [6.45, 7) is 0.864. The van der Waals surface area contributed by atoms with Crippen LogP contribution in [0.2, 0.25) is 5.02 Å². The molecule has 0 saturated carbocycles. The van der Waals surface area contributed by atoms with Crippen molar-refractivity contribution >= 4 is 49.1 Å². The zero-order chi connectivity index (χ0) is 19.6. The highest BCUT2D eigenvalue weighted by Crippen LogP contribution is 2.21. The maximum atomic E-state index is 12.5. The SMILES string of the molecule is COCCn1c(=NC(=O)c2ccc(Cl)cc2)sc2cc(S(N)(=O)=O)ccc21. The molecule has 0 bridgehead atoms. The quantitative estimate of drug-likeness (QED) is 0.677. The molecule has 2 aromatic carbocycles. The fraction of sp³-hybridized carbons (Fsp3) is 0.176. The highest BCUT2D eigenvalue weighted by atomic mass is 35.5. The molecule has 0 atom stereocenters. The fourth-order valence-electron chi connectivity index (χ4n) is 2.46. The number of hydrogen-bond acceptors (Lipinski definition) is 5. The average molecular weight is 426 g/mol. The van der Waals surface area contributed by atoms with Gasteiger partial charge in [-0.3, -0.25) is 4.79 Å². The first-order chi connectivity index (χ1) is 12.8. The van der Waals surface area contributed by atoms with Crippen LogP contribution in [-0.2, 0) is 21.3 Å². The fourth-order valence-corrected chi connectivity index (χ4v) is 4.29. The topological polar surface area (TPSA) is 104 Å². The molecule has 1 aromatic heterocycles. The average Bonchev–Trinajstić information content (AvgIpc) is 2.96. The van der Waals surface area contributed by atoms with Gasteiger partial charge in [0.1, 0.15) is 0 Å². The van der Waals surface area contributed by atoms with Crippen LogP contribution in [-0.4, -0.2) is 32.6 Å². The van der Waals surface area contributed by atoms with Crippen molar-refractivity contribution in [3.63, 3.8) is 0 Å². The van der Waals surface area contributed by atoms with E-state index in [9.17, 15) is 13.2 Å². The van der Waals surface area contributed by atoms with E-state index in [4.69, 9.17) is 21.5 Å². The Kier molecular flexibility index (Phi) is 5.78. The second-order valence-electron chi connectivity index (χ2n) is 5.63. The summed E-state index contributed by atoms with van der Waals surface area (Å²) in [5.41, 5.74) is 1.15. The maximum absolute atomic E-state index is 12.5. The number of aromatic nitrogens is 1. The number of ether oxygens (including phenoxy) is 1. The summed E-state index contributed by atoms with van der Waals surface area (Å²) in [5.74, 6) is -0.420. The normalized spacial score (nSPS) is 12.6. The Morgan fingerprint density at radius 1 is 1.26 bits per heavy atom. The molecule has 1 heterocycles. The summed E-state index contributed by atoms with van der Waals surface area (Å²) < 4.78 is 30.8. The zero-order valence-electron chi connectivity index (χ0n) is 14.3. The van der Waals surface area contributed by atoms with Crippen LogP contribution >= 0.6 is 22.9 Å². The zero-order valence-corrected chi connectivity index (χ0v) is 16.6. The minimum atomic E-state index is -3.82. The van der Waals surface area contributed by atoms with Crippen LogP contribution in [0.1, 0.15) is 10.4 Å². The van der Waals surface area contributed by atoms with E-state index >= 15 is 0 Å². The highest BCUT2D eigenvalue weighted by Gasteiger charge is 2.13. The molecule has 0 unspecified atom stereocenters. The molecule has 0 aliphatic heterocycles. The van der Waals surface area contributed by atoms with Crippen LogP contribution in [0.3, 0.4) is 0 Å². The van der Waals surface area contributed by atoms with Gasteiger partial charge in [-0.1, -0.05) is 22.9 Å². The number of carbonyl (C=O) groups excluding carboxylic acids is 1. The number of thiazole rings is 1. The molecule has 0 aliphatic rings. The van der Waals surface area contributed by atoms with Crippen molar-refractivity contribution in [1.82, 2.24) is 4.57 Å². The molecule has 142 valence electrons. The third-order valence-electron chi connectivity index (χ3n) is 3.79. The van der Waals surface area contributed by atoms with Crippen LogP contribution in [0.4, 0.5) is 0 Å². The van der Waals surface area contributed by atoms with Gasteiger partial charge in [-0.25, -0.2) is 13.6 Å². The minimum Gasteiger partial charge on any atom is -0.383 e. The molecule has 7 nitrogen and oxygen atoms in total. The Morgan fingerprint density at radius 3 is 2.59 bits per heavy atom. The Bertz CT molecular complexity index is 1170. The number of sulfonamides is 1. The van der Waals surface area contributed by atoms with Gasteiger partial charge in [0, 0.05) is 24.2 Å². The number of methoxy groups -OCH3 is 1. The number of primary sulfonamides is 1. The lowest BCUT2D eigenvalue weighted by atomic mass is 10.2. The molecule has 2 N–H and O–H groups in total. The van der Waals surface area contributed by atoms with Crippen molar-refractivity contribution in [2.75, 3.05) is 13.7 Å². The summed E-state index contributed by atoms with van der Waals surface area (Å²) in [6.07, 6.45) is 0. The highest BCUT2D eigenvalue weighted by molar-refractivity contribution is 7.89. The third-order valence-corrected chi connectivity index (χ3v) is 5.99. The van der Waals surface area contributed by atoms with Crippen LogP contribution in [0, 0.1) is 0 Å². The number of hydrogen-bond donors (Lipinski definition) is 1. The van der Waals surface area contributed by atoms with Crippen molar-refractivity contribution < 1.29 is 17.9 Å². The Hall–Kier alpha value is -2.04. The van der Waals surface area contributed by atoms with Gasteiger partial charge in [-0.2, -0.15) is 4.99 Å². The largest absolute Gasteiger partial charge is 0.383 e. The lowest BCUT2D eigenvalue weighted by molar-refractivity contribution is 0.0997. The van der Waals surface area contributed by atoms with Crippen molar-refractivity contribution in [1.29, 1.82) is 0 Å². The van der Waals surface area contributed by atoms with Crippen LogP contribution in [0.15, 0.2) is 52.4 Å². The van der Waals surface area contributed by atoms with Gasteiger partial charge in [-0.15, -0.1) is 0 Å². The molecular formula is C17H16ClN3O4S2. The smallest absolute Gasteiger partial charge is 0.279 e. The van der Waals surface area contributed by atoms with Gasteiger partial charge in [0.15, 0.2) is 4.80 Å². The first kappa shape index (κ1) is 19.7. The van der Waals surface area contributed by atoms with Crippen molar-refractivity contribution in [3.05, 3.63) is 57.9 Å². The van der Waals surface area contributed by atoms with E-state index in [0.29, 0.717) is 33.2 Å². The lowest BCUT2D eigenvalue weighted by Gasteiger charge is -2.05. The van der Waals surface area contributed by atoms with E-state index in [1.54, 1.807) is 37.4 Å². The van der Waals surface area contributed by atoms with Crippen molar-refractivity contribution in [2.45, 2.75) is 11.4 Å². The minimum absolute atomic E-state index is 0.00530. The summed E-state index contributed by atoms with van der Waals surface area (Å²) in [6, 6.07) is 11.0. The van der Waals surface area contributed by atoms with Gasteiger partial charge in [-0.05, 0) is 42.5 Å². The number of benzene rings is 2. The second-order valence-corrected chi connectivity index (χ2v) is 8.63. The molecule has 1 amide bonds. The van der Waals surface area contributed by atoms with Gasteiger partial charge in [0.05, 0.1) is 21.7 Å². The summed E-state index contributed by atoms with van der Waals surface area (Å²) in [4.78, 5) is 17.1. The second kappa shape index (κ2) is 7.91. The summed E-state index contributed by atoms with van der Waals surface area (Å²) >= 11 is 7.05. The monoisotopic (exact) mass is 425 g/mol. The van der Waals surface area contributed by atoms with E-state index in [-0.39, 0.29) is 4.90 Å². The maximum Gasteiger partial charge on any atom is 0.279 e. The molecule has 0 aliphatic carbocycles. The predicted octanol–water partition coefficient (Wildman–Crippen LogP) is 2.39. The van der Waals surface area contributed by atoms with Crippen molar-refractivity contribution in [2.24, 2.45) is 10.1 Å². The molecule has 3 rings (SSSR count). The molecule has 3 aromatic rings. The van der Waals surface area contributed by atoms with Gasteiger partial charge < -0.3 is 9.30 Å². The van der Waals surface area contributed by atoms with E-state index in [2.05, 4.69) is 4.99 Å². The Morgan fingerprint density at radius 2 is 1.96 bits per heavy atom. The Labute approximate surface area is 164 Å². The Balaban J connectivity index is 2.14. The number of carbonyl (C=O) groups is 1. The van der Waals surface area contributed by atoms with Gasteiger partial charge in [0.25, 0.3) is 5.91 Å². The number of rotatable bonds is 5.